The van der Waals surface area contributed by atoms with E-state index in [1.807, 2.05) is 21.1 Å². The van der Waals surface area contributed by atoms with Gasteiger partial charge in [-0.15, -0.1) is 0 Å². The van der Waals surface area contributed by atoms with Crippen LogP contribution in [0, 0.1) is 0 Å². The second kappa shape index (κ2) is 22.2. The number of alkyl halides is 1. The molecule has 0 spiro atoms. The predicted molar refractivity (Wildman–Crippen MR) is 140 cm³/mol. The number of halogens is 1. The minimum absolute atomic E-state index is 0.0734. The van der Waals surface area contributed by atoms with Crippen molar-refractivity contribution < 1.29 is 32.1 Å². The molecule has 0 amide bonds. The Bertz CT molecular complexity index is 490. The number of unbranched alkanes of at least 4 members (excludes halogenated alkanes) is 15. The van der Waals surface area contributed by atoms with Gasteiger partial charge in [-0.05, 0) is 6.42 Å². The van der Waals surface area contributed by atoms with E-state index in [4.69, 9.17) is 13.8 Å². The minimum atomic E-state index is -4.22. The van der Waals surface area contributed by atoms with Crippen molar-refractivity contribution in [2.45, 2.75) is 116 Å². The molecule has 0 aliphatic rings. The third kappa shape index (κ3) is 26.6. The number of nitrogens with zero attached hydrogens (tertiary/aromatic N) is 1. The van der Waals surface area contributed by atoms with Gasteiger partial charge in [0.1, 0.15) is 19.3 Å². The van der Waals surface area contributed by atoms with Gasteiger partial charge in [0, 0.05) is 6.61 Å². The van der Waals surface area contributed by atoms with Gasteiger partial charge in [0.2, 0.25) is 0 Å². The molecule has 0 aromatic carbocycles. The average Bonchev–Trinajstić information content (AvgIpc) is 2.76. The van der Waals surface area contributed by atoms with Gasteiger partial charge in [0.25, 0.3) is 0 Å². The Hall–Kier alpha value is -0.0400. The fourth-order valence-electron chi connectivity index (χ4n) is 3.65. The predicted octanol–water partition coefficient (Wildman–Crippen LogP) is 7.44. The summed E-state index contributed by atoms with van der Waals surface area (Å²) in [7, 11) is 1.62. The normalized spacial score (nSPS) is 14.9. The largest absolute Gasteiger partial charge is 0.472 e. The van der Waals surface area contributed by atoms with Gasteiger partial charge in [-0.2, -0.15) is 0 Å². The molecule has 34 heavy (non-hydrogen) atoms. The molecule has 0 radical (unpaired) electrons. The second-order valence-electron chi connectivity index (χ2n) is 10.6. The zero-order valence-electron chi connectivity index (χ0n) is 22.8. The van der Waals surface area contributed by atoms with E-state index in [0.29, 0.717) is 17.6 Å². The van der Waals surface area contributed by atoms with Crippen LogP contribution >= 0.6 is 7.82 Å². The molecule has 0 aliphatic heterocycles. The molecule has 206 valence electrons. The summed E-state index contributed by atoms with van der Waals surface area (Å²) in [5.74, 6) is 0. The molecule has 1 N–H and O–H groups in total. The van der Waals surface area contributed by atoms with Crippen LogP contribution in [0.2, 0.25) is 0 Å². The van der Waals surface area contributed by atoms with Crippen LogP contribution in [0.5, 0.6) is 0 Å². The van der Waals surface area contributed by atoms with Crippen LogP contribution in [0.4, 0.5) is 4.39 Å². The molecular formula is C26H56FNO5P+. The van der Waals surface area contributed by atoms with Crippen molar-refractivity contribution in [3.05, 3.63) is 0 Å². The zero-order valence-corrected chi connectivity index (χ0v) is 23.7. The second-order valence-corrected chi connectivity index (χ2v) is 12.0. The minimum Gasteiger partial charge on any atom is -0.378 e. The van der Waals surface area contributed by atoms with Crippen LogP contribution in [0.1, 0.15) is 110 Å². The lowest BCUT2D eigenvalue weighted by atomic mass is 10.0. The van der Waals surface area contributed by atoms with E-state index < -0.39 is 20.6 Å². The lowest BCUT2D eigenvalue weighted by Crippen LogP contribution is -2.37. The van der Waals surface area contributed by atoms with E-state index in [1.54, 1.807) is 0 Å². The van der Waals surface area contributed by atoms with Crippen molar-refractivity contribution in [1.82, 2.24) is 0 Å². The van der Waals surface area contributed by atoms with E-state index in [2.05, 4.69) is 6.92 Å². The molecule has 8 heteroatoms. The number of likely N-dealkylation sites (N-methyl/N-ethyl adjacent to an activating group) is 1. The Kier molecular flexibility index (Phi) is 22.2. The molecule has 0 saturated heterocycles. The van der Waals surface area contributed by atoms with Crippen LogP contribution in [0.3, 0.4) is 0 Å². The maximum atomic E-state index is 13.8. The van der Waals surface area contributed by atoms with Crippen molar-refractivity contribution in [3.8, 4) is 0 Å². The quantitative estimate of drug-likeness (QED) is 0.0741. The van der Waals surface area contributed by atoms with Gasteiger partial charge in [-0.3, -0.25) is 9.05 Å². The number of quaternary nitrogens is 1. The first-order chi connectivity index (χ1) is 16.2. The summed E-state index contributed by atoms with van der Waals surface area (Å²) in [5, 5.41) is 0. The molecule has 0 heterocycles. The van der Waals surface area contributed by atoms with Gasteiger partial charge < -0.3 is 14.1 Å². The van der Waals surface area contributed by atoms with Gasteiger partial charge in [-0.25, -0.2) is 8.96 Å². The molecule has 0 aromatic heterocycles. The summed E-state index contributed by atoms with van der Waals surface area (Å²) >= 11 is 0. The third-order valence-electron chi connectivity index (χ3n) is 5.88. The van der Waals surface area contributed by atoms with E-state index >= 15 is 0 Å². The number of ether oxygens (including phenoxy) is 1. The molecule has 0 fully saturated rings. The summed E-state index contributed by atoms with van der Waals surface area (Å²) in [6, 6.07) is 0. The van der Waals surface area contributed by atoms with Crippen molar-refractivity contribution in [2.75, 3.05) is 54.1 Å². The highest BCUT2D eigenvalue weighted by Crippen LogP contribution is 2.43. The van der Waals surface area contributed by atoms with E-state index in [1.165, 1.54) is 89.9 Å². The lowest BCUT2D eigenvalue weighted by molar-refractivity contribution is -0.870. The maximum Gasteiger partial charge on any atom is 0.472 e. The molecule has 2 unspecified atom stereocenters. The summed E-state index contributed by atoms with van der Waals surface area (Å²) in [6.07, 6.45) is 19.6. The zero-order chi connectivity index (χ0) is 25.5. The molecule has 6 nitrogen and oxygen atoms in total. The third-order valence-corrected chi connectivity index (χ3v) is 6.86. The Morgan fingerprint density at radius 3 is 1.59 bits per heavy atom. The smallest absolute Gasteiger partial charge is 0.378 e. The lowest BCUT2D eigenvalue weighted by Gasteiger charge is -2.24. The molecule has 0 aromatic rings. The number of phosphoric ester groups is 1. The highest BCUT2D eigenvalue weighted by molar-refractivity contribution is 7.47. The van der Waals surface area contributed by atoms with E-state index in [0.717, 1.165) is 12.8 Å². The highest BCUT2D eigenvalue weighted by Gasteiger charge is 2.24. The fraction of sp³-hybridized carbons (Fsp3) is 1.00. The van der Waals surface area contributed by atoms with Crippen molar-refractivity contribution in [3.63, 3.8) is 0 Å². The molecule has 0 rings (SSSR count). The summed E-state index contributed by atoms with van der Waals surface area (Å²) < 4.78 is 41.1. The SMILES string of the molecule is CCCCCCCCCCCCCCCCCCOCC(F)COP(=O)(O)OCC[N+](C)(C)C. The number of rotatable bonds is 26. The number of phosphoric acid groups is 1. The maximum absolute atomic E-state index is 13.8. The fourth-order valence-corrected chi connectivity index (χ4v) is 4.39. The van der Waals surface area contributed by atoms with E-state index in [-0.39, 0.29) is 13.2 Å². The monoisotopic (exact) mass is 512 g/mol. The van der Waals surface area contributed by atoms with Crippen LogP contribution in [-0.2, 0) is 18.3 Å². The van der Waals surface area contributed by atoms with E-state index in [9.17, 15) is 13.8 Å². The standard InChI is InChI=1S/C26H55FNO5P/c1-5-6-7-8-9-10-11-12-13-14-15-16-17-18-19-20-22-31-24-26(27)25-33-34(29,30)32-23-21-28(2,3)4/h26H,5-25H2,1-4H3/p+1. The van der Waals surface area contributed by atoms with Gasteiger partial charge >= 0.3 is 7.82 Å². The summed E-state index contributed by atoms with van der Waals surface area (Å²) in [5.41, 5.74) is 0. The molecule has 0 bridgehead atoms. The Balaban J connectivity index is 3.37. The van der Waals surface area contributed by atoms with Gasteiger partial charge in [-0.1, -0.05) is 103 Å². The number of hydrogen-bond acceptors (Lipinski definition) is 4. The first-order valence-electron chi connectivity index (χ1n) is 13.8. The summed E-state index contributed by atoms with van der Waals surface area (Å²) in [4.78, 5) is 9.58. The van der Waals surface area contributed by atoms with Gasteiger partial charge in [0.15, 0.2) is 0 Å². The molecule has 0 aliphatic carbocycles. The first kappa shape index (κ1) is 34.0. The topological polar surface area (TPSA) is 65.0 Å². The Morgan fingerprint density at radius 2 is 1.15 bits per heavy atom. The van der Waals surface area contributed by atoms with Gasteiger partial charge in [0.05, 0.1) is 34.4 Å². The highest BCUT2D eigenvalue weighted by atomic mass is 31.2. The van der Waals surface area contributed by atoms with Crippen LogP contribution in [0.15, 0.2) is 0 Å². The first-order valence-corrected chi connectivity index (χ1v) is 15.3. The van der Waals surface area contributed by atoms with Crippen LogP contribution in [0.25, 0.3) is 0 Å². The Labute approximate surface area is 210 Å². The van der Waals surface area contributed by atoms with Crippen LogP contribution in [-0.4, -0.2) is 69.7 Å². The van der Waals surface area contributed by atoms with Crippen molar-refractivity contribution in [1.29, 1.82) is 0 Å². The summed E-state index contributed by atoms with van der Waals surface area (Å²) in [6.45, 7) is 2.77. The molecular weight excluding hydrogens is 456 g/mol. The molecule has 0 saturated carbocycles. The van der Waals surface area contributed by atoms with Crippen molar-refractivity contribution in [2.24, 2.45) is 0 Å². The van der Waals surface area contributed by atoms with Crippen molar-refractivity contribution >= 4 is 7.82 Å². The average molecular weight is 513 g/mol. The van der Waals surface area contributed by atoms with Crippen LogP contribution < -0.4 is 0 Å². The molecule has 2 atom stereocenters. The Morgan fingerprint density at radius 1 is 0.706 bits per heavy atom. The number of hydrogen-bond donors (Lipinski definition) is 1.